The van der Waals surface area contributed by atoms with Crippen LogP contribution in [-0.2, 0) is 9.53 Å². The van der Waals surface area contributed by atoms with E-state index in [0.29, 0.717) is 30.0 Å². The molecule has 2 aliphatic rings. The summed E-state index contributed by atoms with van der Waals surface area (Å²) >= 11 is 0. The minimum absolute atomic E-state index is 0.0183. The average molecular weight is 492 g/mol. The average Bonchev–Trinajstić information content (AvgIpc) is 3.47. The number of ether oxygens (including phenoxy) is 2. The monoisotopic (exact) mass is 491 g/mol. The van der Waals surface area contributed by atoms with Crippen molar-refractivity contribution in [3.8, 4) is 17.0 Å². The maximum atomic E-state index is 13.4. The van der Waals surface area contributed by atoms with Gasteiger partial charge in [-0.2, -0.15) is 0 Å². The summed E-state index contributed by atoms with van der Waals surface area (Å²) in [5.41, 5.74) is 5.28. The van der Waals surface area contributed by atoms with Gasteiger partial charge in [-0.3, -0.25) is 9.59 Å². The Kier molecular flexibility index (Phi) is 6.91. The van der Waals surface area contributed by atoms with Crippen molar-refractivity contribution < 1.29 is 19.1 Å². The number of methoxy groups -OCH3 is 1. The fourth-order valence-corrected chi connectivity index (χ4v) is 4.95. The first-order valence-corrected chi connectivity index (χ1v) is 12.6. The van der Waals surface area contributed by atoms with Crippen molar-refractivity contribution in [2.75, 3.05) is 20.3 Å². The molecule has 36 heavy (non-hydrogen) atoms. The van der Waals surface area contributed by atoms with E-state index < -0.39 is 0 Å². The van der Waals surface area contributed by atoms with E-state index in [0.717, 1.165) is 46.6 Å². The summed E-state index contributed by atoms with van der Waals surface area (Å²) in [6, 6.07) is 6.11. The molecule has 2 saturated carbocycles. The number of hydrogen-bond donors (Lipinski definition) is 3. The van der Waals surface area contributed by atoms with Crippen LogP contribution in [0.2, 0.25) is 0 Å². The van der Waals surface area contributed by atoms with Crippen molar-refractivity contribution in [2.24, 2.45) is 5.92 Å². The van der Waals surface area contributed by atoms with Crippen LogP contribution in [0.3, 0.4) is 0 Å². The molecule has 3 N–H and O–H groups in total. The SMILES string of the molecule is COCC(=O)N[C@H]1CC[C@H](NC(=O)c2c(C)[nH]c3c(-c4cc(C)ccc4OCC4CC4)ncnc23)C1. The molecule has 3 aromatic rings. The summed E-state index contributed by atoms with van der Waals surface area (Å²) in [5.74, 6) is 1.11. The van der Waals surface area contributed by atoms with Crippen LogP contribution in [-0.4, -0.2) is 59.2 Å². The Morgan fingerprint density at radius 2 is 1.86 bits per heavy atom. The first kappa shape index (κ1) is 24.2. The van der Waals surface area contributed by atoms with E-state index in [4.69, 9.17) is 9.47 Å². The number of amides is 2. The smallest absolute Gasteiger partial charge is 0.255 e. The quantitative estimate of drug-likeness (QED) is 0.422. The third-order valence-corrected chi connectivity index (χ3v) is 6.97. The zero-order valence-electron chi connectivity index (χ0n) is 21.0. The van der Waals surface area contributed by atoms with Crippen molar-refractivity contribution in [1.29, 1.82) is 0 Å². The summed E-state index contributed by atoms with van der Waals surface area (Å²) in [6.45, 7) is 4.66. The van der Waals surface area contributed by atoms with Crippen molar-refractivity contribution in [3.63, 3.8) is 0 Å². The van der Waals surface area contributed by atoms with Gasteiger partial charge in [0.25, 0.3) is 5.91 Å². The molecule has 2 aliphatic carbocycles. The molecule has 2 aromatic heterocycles. The highest BCUT2D eigenvalue weighted by atomic mass is 16.5. The Hall–Kier alpha value is -3.46. The standard InChI is InChI=1S/C27H33N5O4/c1-15-4-9-21(36-12-17-5-6-17)20(10-15)24-26-25(29-14-28-24)23(16(2)30-26)27(34)32-19-8-7-18(11-19)31-22(33)13-35-3/h4,9-10,14,17-19,30H,5-8,11-13H2,1-3H3,(H,31,33)(H,32,34)/t18-,19-/m0/s1. The minimum atomic E-state index is -0.174. The molecule has 2 fully saturated rings. The summed E-state index contributed by atoms with van der Waals surface area (Å²) in [7, 11) is 1.50. The number of H-pyrrole nitrogens is 1. The van der Waals surface area contributed by atoms with E-state index in [1.54, 1.807) is 0 Å². The Morgan fingerprint density at radius 1 is 1.08 bits per heavy atom. The van der Waals surface area contributed by atoms with Crippen molar-refractivity contribution >= 4 is 22.8 Å². The molecule has 0 bridgehead atoms. The van der Waals surface area contributed by atoms with Gasteiger partial charge in [-0.05, 0) is 64.0 Å². The molecule has 0 saturated heterocycles. The first-order chi connectivity index (χ1) is 17.4. The number of aromatic nitrogens is 3. The van der Waals surface area contributed by atoms with Crippen LogP contribution < -0.4 is 15.4 Å². The molecule has 2 atom stereocenters. The highest BCUT2D eigenvalue weighted by Gasteiger charge is 2.29. The number of aromatic amines is 1. The maximum Gasteiger partial charge on any atom is 0.255 e. The number of fused-ring (bicyclic) bond motifs is 1. The molecule has 9 heteroatoms. The molecular weight excluding hydrogens is 458 g/mol. The first-order valence-electron chi connectivity index (χ1n) is 12.6. The molecule has 0 unspecified atom stereocenters. The zero-order chi connectivity index (χ0) is 25.2. The number of rotatable bonds is 9. The minimum Gasteiger partial charge on any atom is -0.493 e. The molecule has 2 amide bonds. The van der Waals surface area contributed by atoms with Gasteiger partial charge in [0.05, 0.1) is 17.7 Å². The molecule has 2 heterocycles. The summed E-state index contributed by atoms with van der Waals surface area (Å²) in [4.78, 5) is 37.6. The molecule has 0 radical (unpaired) electrons. The lowest BCUT2D eigenvalue weighted by Crippen LogP contribution is -2.38. The Bertz CT molecular complexity index is 1280. The van der Waals surface area contributed by atoms with Crippen LogP contribution in [0, 0.1) is 19.8 Å². The van der Waals surface area contributed by atoms with Gasteiger partial charge in [0.1, 0.15) is 29.9 Å². The van der Waals surface area contributed by atoms with E-state index in [-0.39, 0.29) is 30.5 Å². The number of hydrogen-bond acceptors (Lipinski definition) is 6. The topological polar surface area (TPSA) is 118 Å². The summed E-state index contributed by atoms with van der Waals surface area (Å²) < 4.78 is 11.0. The molecule has 5 rings (SSSR count). The molecule has 0 spiro atoms. The van der Waals surface area contributed by atoms with E-state index in [1.807, 2.05) is 26.0 Å². The van der Waals surface area contributed by atoms with Gasteiger partial charge in [-0.25, -0.2) is 9.97 Å². The fourth-order valence-electron chi connectivity index (χ4n) is 4.95. The normalized spacial score (nSPS) is 19.4. The number of carbonyl (C=O) groups is 2. The molecule has 0 aliphatic heterocycles. The van der Waals surface area contributed by atoms with E-state index >= 15 is 0 Å². The lowest BCUT2D eigenvalue weighted by atomic mass is 10.1. The second kappa shape index (κ2) is 10.3. The van der Waals surface area contributed by atoms with Crippen LogP contribution in [0.15, 0.2) is 24.5 Å². The van der Waals surface area contributed by atoms with Gasteiger partial charge in [-0.15, -0.1) is 0 Å². The third-order valence-electron chi connectivity index (χ3n) is 6.97. The van der Waals surface area contributed by atoms with Gasteiger partial charge in [-0.1, -0.05) is 11.6 Å². The Labute approximate surface area is 210 Å². The number of aryl methyl sites for hydroxylation is 2. The predicted molar refractivity (Wildman–Crippen MR) is 136 cm³/mol. The van der Waals surface area contributed by atoms with Gasteiger partial charge in [0.2, 0.25) is 5.91 Å². The lowest BCUT2D eigenvalue weighted by molar-refractivity contribution is -0.125. The Balaban J connectivity index is 1.38. The molecule has 9 nitrogen and oxygen atoms in total. The van der Waals surface area contributed by atoms with Crippen LogP contribution in [0.4, 0.5) is 0 Å². The van der Waals surface area contributed by atoms with E-state index in [1.165, 1.54) is 26.3 Å². The van der Waals surface area contributed by atoms with Gasteiger partial charge >= 0.3 is 0 Å². The van der Waals surface area contributed by atoms with Gasteiger partial charge < -0.3 is 25.1 Å². The highest BCUT2D eigenvalue weighted by Crippen LogP contribution is 2.37. The largest absolute Gasteiger partial charge is 0.493 e. The molecular formula is C27H33N5O4. The number of nitrogens with one attached hydrogen (secondary N) is 3. The van der Waals surface area contributed by atoms with Gasteiger partial charge in [0, 0.05) is 30.5 Å². The van der Waals surface area contributed by atoms with Crippen LogP contribution in [0.5, 0.6) is 5.75 Å². The number of carbonyl (C=O) groups excluding carboxylic acids is 2. The van der Waals surface area contributed by atoms with Crippen LogP contribution >= 0.6 is 0 Å². The van der Waals surface area contributed by atoms with Crippen molar-refractivity contribution in [2.45, 2.75) is 58.0 Å². The summed E-state index contributed by atoms with van der Waals surface area (Å²) in [6.07, 6.45) is 6.25. The Morgan fingerprint density at radius 3 is 2.61 bits per heavy atom. The zero-order valence-corrected chi connectivity index (χ0v) is 21.0. The maximum absolute atomic E-state index is 13.4. The van der Waals surface area contributed by atoms with E-state index in [2.05, 4.69) is 31.7 Å². The predicted octanol–water partition coefficient (Wildman–Crippen LogP) is 3.44. The van der Waals surface area contributed by atoms with Crippen molar-refractivity contribution in [1.82, 2.24) is 25.6 Å². The fraction of sp³-hybridized carbons (Fsp3) is 0.481. The number of nitrogens with zero attached hydrogens (tertiary/aromatic N) is 2. The third kappa shape index (κ3) is 5.21. The number of benzene rings is 1. The van der Waals surface area contributed by atoms with Gasteiger partial charge in [0.15, 0.2) is 0 Å². The van der Waals surface area contributed by atoms with Crippen LogP contribution in [0.25, 0.3) is 22.3 Å². The van der Waals surface area contributed by atoms with Crippen molar-refractivity contribution in [3.05, 3.63) is 41.3 Å². The second-order valence-electron chi connectivity index (χ2n) is 10.0. The summed E-state index contributed by atoms with van der Waals surface area (Å²) in [5, 5.41) is 6.10. The highest BCUT2D eigenvalue weighted by molar-refractivity contribution is 6.09. The second-order valence-corrected chi connectivity index (χ2v) is 10.0. The van der Waals surface area contributed by atoms with Crippen LogP contribution in [0.1, 0.15) is 53.7 Å². The molecule has 1 aromatic carbocycles. The lowest BCUT2D eigenvalue weighted by Gasteiger charge is -2.15. The van der Waals surface area contributed by atoms with E-state index in [9.17, 15) is 9.59 Å². The molecule has 190 valence electrons.